The minimum Gasteiger partial charge on any atom is -0.143 e. The Labute approximate surface area is 557 Å². The normalized spacial score (nSPS) is 11.0. The van der Waals surface area contributed by atoms with Crippen LogP contribution >= 0.6 is 75.8 Å². The van der Waals surface area contributed by atoms with Crippen LogP contribution in [-0.2, 0) is 0 Å². The number of rotatable bonds is 0. The van der Waals surface area contributed by atoms with E-state index in [9.17, 15) is 0 Å². The minimum atomic E-state index is 1.01. The van der Waals surface area contributed by atoms with Crippen molar-refractivity contribution in [1.29, 1.82) is 0 Å². The maximum absolute atomic E-state index is 4.53. The van der Waals surface area contributed by atoms with Gasteiger partial charge in [-0.05, 0) is 191 Å². The number of benzene rings is 18. The summed E-state index contributed by atoms with van der Waals surface area (Å²) in [6, 6.07) is 114. The molecule has 18 rings (SSSR count). The van der Waals surface area contributed by atoms with Crippen LogP contribution in [0.1, 0.15) is 0 Å². The van der Waals surface area contributed by atoms with Crippen LogP contribution in [0, 0.1) is 0 Å². The summed E-state index contributed by atoms with van der Waals surface area (Å²) in [7, 11) is 0. The molecule has 0 aliphatic rings. The molecule has 0 spiro atoms. The predicted octanol–water partition coefficient (Wildman–Crippen LogP) is 25.7. The van der Waals surface area contributed by atoms with Crippen molar-refractivity contribution in [3.8, 4) is 0 Å². The van der Waals surface area contributed by atoms with Gasteiger partial charge in [0, 0.05) is 34.8 Å². The first-order valence-corrected chi connectivity index (χ1v) is 32.4. The molecule has 0 saturated heterocycles. The maximum atomic E-state index is 4.53. The van der Waals surface area contributed by atoms with E-state index in [1.165, 1.54) is 129 Å². The van der Waals surface area contributed by atoms with Crippen molar-refractivity contribution in [2.45, 2.75) is 29.4 Å². The van der Waals surface area contributed by atoms with Gasteiger partial charge in [0.2, 0.25) is 0 Å². The van der Waals surface area contributed by atoms with Gasteiger partial charge in [-0.25, -0.2) is 0 Å². The molecule has 0 amide bonds. The molecule has 18 aromatic rings. The van der Waals surface area contributed by atoms with Crippen LogP contribution in [0.4, 0.5) is 0 Å². The fourth-order valence-corrected chi connectivity index (χ4v) is 13.6. The molecule has 0 N–H and O–H groups in total. The van der Waals surface area contributed by atoms with Gasteiger partial charge in [0.15, 0.2) is 0 Å². The summed E-state index contributed by atoms with van der Waals surface area (Å²) in [6.45, 7) is 0. The summed E-state index contributed by atoms with van der Waals surface area (Å²) in [5.41, 5.74) is 0. The van der Waals surface area contributed by atoms with E-state index in [4.69, 9.17) is 0 Å². The molecule has 0 heterocycles. The van der Waals surface area contributed by atoms with Crippen LogP contribution in [-0.4, -0.2) is 0 Å². The van der Waals surface area contributed by atoms with Gasteiger partial charge in [0.1, 0.15) is 0 Å². The highest BCUT2D eigenvalue weighted by Gasteiger charge is 2.07. The molecule has 0 aliphatic carbocycles. The third-order valence-electron chi connectivity index (χ3n) is 16.4. The molecule has 0 unspecified atom stereocenters. The second-order valence-electron chi connectivity index (χ2n) is 22.1. The van der Waals surface area contributed by atoms with Gasteiger partial charge in [-0.2, -0.15) is 0 Å². The monoisotopic (exact) mass is 1260 g/mol. The smallest absolute Gasteiger partial charge is 0.0125 e. The second kappa shape index (κ2) is 27.5. The molecule has 0 aliphatic heterocycles. The van der Waals surface area contributed by atoms with Gasteiger partial charge >= 0.3 is 0 Å². The molecule has 0 nitrogen and oxygen atoms in total. The maximum Gasteiger partial charge on any atom is 0.0125 e. The lowest BCUT2D eigenvalue weighted by Gasteiger charge is -2.05. The summed E-state index contributed by atoms with van der Waals surface area (Å²) >= 11 is 26.6. The summed E-state index contributed by atoms with van der Waals surface area (Å²) < 4.78 is 0. The standard InChI is InChI=1S/6C14H10S/c15-14-9-10-5-1-2-6-11(10)12-7-3-4-8-13(12)14;15-13-7-3-5-11-9-8-10-4-1-2-6-12(10)14(11)13;15-14-7-3-6-12-11-5-2-1-4-10(11)8-9-13(12)14;15-14-6-5-12-7-10-3-1-2-4-11(10)8-13(12)9-14;15-12-7-8-14-11(9-12)6-5-10-3-1-2-4-13(10)14;15-12-8-7-11-6-5-10-3-1-2-4-13(10)14(11)9-12/h6*1-9,15H. The van der Waals surface area contributed by atoms with Crippen molar-refractivity contribution in [3.05, 3.63) is 328 Å². The fraction of sp³-hybridized carbons (Fsp3) is 0. The lowest BCUT2D eigenvalue weighted by atomic mass is 10.0. The van der Waals surface area contributed by atoms with Crippen molar-refractivity contribution in [2.24, 2.45) is 0 Å². The van der Waals surface area contributed by atoms with E-state index in [1.807, 2.05) is 36.4 Å². The topological polar surface area (TPSA) is 0 Å². The van der Waals surface area contributed by atoms with Gasteiger partial charge in [0.25, 0.3) is 0 Å². The van der Waals surface area contributed by atoms with Crippen LogP contribution in [0.2, 0.25) is 0 Å². The van der Waals surface area contributed by atoms with E-state index in [-0.39, 0.29) is 0 Å². The zero-order valence-electron chi connectivity index (χ0n) is 48.9. The zero-order valence-corrected chi connectivity index (χ0v) is 54.2. The molecular formula is C84H60S6. The Kier molecular flexibility index (Phi) is 18.4. The fourth-order valence-electron chi connectivity index (χ4n) is 12.0. The summed E-state index contributed by atoms with van der Waals surface area (Å²) in [5.74, 6) is 0. The summed E-state index contributed by atoms with van der Waals surface area (Å²) in [6.07, 6.45) is 0. The third kappa shape index (κ3) is 13.2. The largest absolute Gasteiger partial charge is 0.143 e. The van der Waals surface area contributed by atoms with Crippen molar-refractivity contribution >= 4 is 205 Å². The summed E-state index contributed by atoms with van der Waals surface area (Å²) in [5, 5.41) is 30.5. The van der Waals surface area contributed by atoms with Gasteiger partial charge in [-0.1, -0.05) is 261 Å². The number of thiol groups is 6. The van der Waals surface area contributed by atoms with E-state index in [0.717, 1.165) is 29.4 Å². The Bertz CT molecular complexity index is 5540. The molecular weight excluding hydrogens is 1200 g/mol. The van der Waals surface area contributed by atoms with Crippen LogP contribution in [0.3, 0.4) is 0 Å². The minimum absolute atomic E-state index is 1.01. The van der Waals surface area contributed by atoms with Crippen LogP contribution in [0.5, 0.6) is 0 Å². The second-order valence-corrected chi connectivity index (χ2v) is 25.1. The van der Waals surface area contributed by atoms with Crippen LogP contribution in [0.25, 0.3) is 129 Å². The molecule has 0 atom stereocenters. The Morgan fingerprint density at radius 1 is 0.133 bits per heavy atom. The van der Waals surface area contributed by atoms with Crippen LogP contribution < -0.4 is 0 Å². The first kappa shape index (κ1) is 60.1. The third-order valence-corrected chi connectivity index (χ3v) is 18.4. The number of hydrogen-bond acceptors (Lipinski definition) is 6. The SMILES string of the molecule is Sc1cc2ccccc2c2ccccc12.Sc1ccc2c(ccc3ccccc32)c1.Sc1ccc2cc3ccccc3cc2c1.Sc1ccc2ccc3ccccc3c2c1.Sc1cccc2c1ccc1ccccc12.Sc1cccc2ccc3ccccc3c12. The van der Waals surface area contributed by atoms with E-state index in [2.05, 4.69) is 367 Å². The first-order valence-electron chi connectivity index (χ1n) is 29.7. The molecule has 18 aromatic carbocycles. The molecule has 0 saturated carbocycles. The Hall–Kier alpha value is -8.82. The zero-order chi connectivity index (χ0) is 61.5. The van der Waals surface area contributed by atoms with Crippen molar-refractivity contribution in [3.63, 3.8) is 0 Å². The first-order chi connectivity index (χ1) is 44.1. The Morgan fingerprint density at radius 2 is 0.433 bits per heavy atom. The van der Waals surface area contributed by atoms with E-state index in [1.54, 1.807) is 0 Å². The average Bonchev–Trinajstić information content (AvgIpc) is 1.24. The van der Waals surface area contributed by atoms with E-state index < -0.39 is 0 Å². The quantitative estimate of drug-likeness (QED) is 0.0487. The van der Waals surface area contributed by atoms with Crippen molar-refractivity contribution in [2.75, 3.05) is 0 Å². The molecule has 0 fully saturated rings. The average molecular weight is 1260 g/mol. The van der Waals surface area contributed by atoms with E-state index in [0.29, 0.717) is 0 Å². The van der Waals surface area contributed by atoms with Gasteiger partial charge in [0.05, 0.1) is 0 Å². The number of hydrogen-bond donors (Lipinski definition) is 6. The molecule has 90 heavy (non-hydrogen) atoms. The number of fused-ring (bicyclic) bond motifs is 17. The highest BCUT2D eigenvalue weighted by Crippen LogP contribution is 2.34. The van der Waals surface area contributed by atoms with Gasteiger partial charge < -0.3 is 0 Å². The van der Waals surface area contributed by atoms with E-state index >= 15 is 0 Å². The van der Waals surface area contributed by atoms with Crippen molar-refractivity contribution in [1.82, 2.24) is 0 Å². The highest BCUT2D eigenvalue weighted by molar-refractivity contribution is 7.81. The Balaban J connectivity index is 0.0000000991. The van der Waals surface area contributed by atoms with Gasteiger partial charge in [-0.3, -0.25) is 0 Å². The predicted molar refractivity (Wildman–Crippen MR) is 412 cm³/mol. The molecule has 6 heteroatoms. The van der Waals surface area contributed by atoms with Gasteiger partial charge in [-0.15, -0.1) is 75.8 Å². The lowest BCUT2D eigenvalue weighted by Crippen LogP contribution is -1.78. The molecule has 0 radical (unpaired) electrons. The molecule has 0 bridgehead atoms. The molecule has 432 valence electrons. The highest BCUT2D eigenvalue weighted by atomic mass is 32.1. The Morgan fingerprint density at radius 3 is 1.06 bits per heavy atom. The van der Waals surface area contributed by atoms with Crippen LogP contribution in [0.15, 0.2) is 357 Å². The van der Waals surface area contributed by atoms with Crippen molar-refractivity contribution < 1.29 is 0 Å². The molecule has 0 aromatic heterocycles. The summed E-state index contributed by atoms with van der Waals surface area (Å²) in [4.78, 5) is 6.17. The lowest BCUT2D eigenvalue weighted by molar-refractivity contribution is 1.53.